The fraction of sp³-hybridized carbons (Fsp3) is 0.316. The van der Waals surface area contributed by atoms with Crippen LogP contribution in [0.5, 0.6) is 5.75 Å². The second kappa shape index (κ2) is 8.16. The van der Waals surface area contributed by atoms with Crippen LogP contribution in [0.15, 0.2) is 42.5 Å². The average molecular weight is 395 g/mol. The van der Waals surface area contributed by atoms with Crippen molar-refractivity contribution in [3.63, 3.8) is 0 Å². The first-order valence-corrected chi connectivity index (χ1v) is 9.29. The lowest BCUT2D eigenvalue weighted by atomic mass is 10.3. The highest BCUT2D eigenvalue weighted by atomic mass is 35.5. The van der Waals surface area contributed by atoms with Crippen molar-refractivity contribution in [2.75, 3.05) is 12.3 Å². The number of benzene rings is 2. The molecule has 7 heteroatoms. The van der Waals surface area contributed by atoms with Crippen molar-refractivity contribution in [1.29, 1.82) is 0 Å². The van der Waals surface area contributed by atoms with Gasteiger partial charge in [0, 0.05) is 5.02 Å². The first-order valence-electron chi connectivity index (χ1n) is 8.53. The quantitative estimate of drug-likeness (QED) is 0.600. The van der Waals surface area contributed by atoms with Crippen LogP contribution in [0.1, 0.15) is 13.3 Å². The minimum Gasteiger partial charge on any atom is -0.489 e. The first kappa shape index (κ1) is 18.8. The largest absolute Gasteiger partial charge is 0.489 e. The maximum Gasteiger partial charge on any atom is 0.356 e. The zero-order valence-electron chi connectivity index (χ0n) is 14.5. The molecule has 0 spiro atoms. The molecule has 0 radical (unpaired) electrons. The number of aliphatic hydroxyl groups is 1. The summed E-state index contributed by atoms with van der Waals surface area (Å²) >= 11 is 12.0. The summed E-state index contributed by atoms with van der Waals surface area (Å²) in [6, 6.07) is 13.0. The van der Waals surface area contributed by atoms with Gasteiger partial charge in [-0.1, -0.05) is 42.3 Å². The number of aromatic nitrogens is 2. The normalized spacial score (nSPS) is 12.5. The molecule has 0 aliphatic heterocycles. The molecule has 1 aromatic heterocycles. The standard InChI is InChI=1S/C19H21Cl2N3O2/c1-2-9-23-16-5-3-4-6-17(16)24(19(23)22)11-14(25)12-26-18-8-7-13(20)10-15(18)21/h3-8,10,14,22,25H,2,9,11-12H2,1H3/p+1. The zero-order chi connectivity index (χ0) is 18.7. The van der Waals surface area contributed by atoms with Gasteiger partial charge in [-0.05, 0) is 36.8 Å². The van der Waals surface area contributed by atoms with Crippen molar-refractivity contribution >= 4 is 40.2 Å². The minimum atomic E-state index is -0.741. The van der Waals surface area contributed by atoms with E-state index in [1.165, 1.54) is 0 Å². The van der Waals surface area contributed by atoms with Crippen molar-refractivity contribution in [3.8, 4) is 5.75 Å². The fourth-order valence-electron chi connectivity index (χ4n) is 3.01. The molecule has 5 nitrogen and oxygen atoms in total. The monoisotopic (exact) mass is 394 g/mol. The highest BCUT2D eigenvalue weighted by Crippen LogP contribution is 2.27. The SMILES string of the molecule is CCCn1c(N)[n+](CC(O)COc2ccc(Cl)cc2Cl)c2ccccc21. The van der Waals surface area contributed by atoms with Crippen LogP contribution in [0, 0.1) is 0 Å². The van der Waals surface area contributed by atoms with E-state index in [1.807, 2.05) is 28.8 Å². The Labute approximate surface area is 162 Å². The minimum absolute atomic E-state index is 0.0983. The summed E-state index contributed by atoms with van der Waals surface area (Å²) in [7, 11) is 0. The Morgan fingerprint density at radius 2 is 2.00 bits per heavy atom. The fourth-order valence-corrected chi connectivity index (χ4v) is 3.47. The molecule has 0 saturated carbocycles. The Morgan fingerprint density at radius 1 is 1.23 bits per heavy atom. The van der Waals surface area contributed by atoms with E-state index in [-0.39, 0.29) is 6.61 Å². The van der Waals surface area contributed by atoms with Gasteiger partial charge in [0.05, 0.1) is 11.6 Å². The van der Waals surface area contributed by atoms with Gasteiger partial charge in [-0.25, -0.2) is 9.13 Å². The predicted molar refractivity (Wildman–Crippen MR) is 105 cm³/mol. The third-order valence-electron chi connectivity index (χ3n) is 4.18. The maximum absolute atomic E-state index is 10.5. The van der Waals surface area contributed by atoms with E-state index < -0.39 is 6.10 Å². The van der Waals surface area contributed by atoms with Gasteiger partial charge < -0.3 is 9.84 Å². The van der Waals surface area contributed by atoms with Gasteiger partial charge in [-0.15, -0.1) is 0 Å². The van der Waals surface area contributed by atoms with Crippen molar-refractivity contribution in [1.82, 2.24) is 4.57 Å². The average Bonchev–Trinajstić information content (AvgIpc) is 2.87. The summed E-state index contributed by atoms with van der Waals surface area (Å²) < 4.78 is 9.62. The Kier molecular flexibility index (Phi) is 5.91. The lowest BCUT2D eigenvalue weighted by molar-refractivity contribution is -0.665. The molecular formula is C19H22Cl2N3O2+. The van der Waals surface area contributed by atoms with Gasteiger partial charge in [-0.3, -0.25) is 5.73 Å². The zero-order valence-corrected chi connectivity index (χ0v) is 16.0. The third-order valence-corrected chi connectivity index (χ3v) is 4.71. The Bertz CT molecular complexity index is 911. The summed E-state index contributed by atoms with van der Waals surface area (Å²) in [6.45, 7) is 3.36. The van der Waals surface area contributed by atoms with Crippen LogP contribution in [0.2, 0.25) is 10.0 Å². The molecule has 0 aliphatic rings. The van der Waals surface area contributed by atoms with Crippen LogP contribution in [-0.4, -0.2) is 22.4 Å². The summed E-state index contributed by atoms with van der Waals surface area (Å²) in [4.78, 5) is 0. The van der Waals surface area contributed by atoms with Crippen molar-refractivity contribution in [2.24, 2.45) is 0 Å². The van der Waals surface area contributed by atoms with Gasteiger partial charge in [0.1, 0.15) is 36.0 Å². The number of fused-ring (bicyclic) bond motifs is 1. The molecule has 1 heterocycles. The number of hydrogen-bond acceptors (Lipinski definition) is 3. The smallest absolute Gasteiger partial charge is 0.356 e. The molecule has 0 fully saturated rings. The highest BCUT2D eigenvalue weighted by Gasteiger charge is 2.22. The van der Waals surface area contributed by atoms with E-state index >= 15 is 0 Å². The number of nitrogens with zero attached hydrogens (tertiary/aromatic N) is 2. The van der Waals surface area contributed by atoms with Crippen LogP contribution >= 0.6 is 23.2 Å². The van der Waals surface area contributed by atoms with E-state index in [0.29, 0.717) is 28.3 Å². The number of ether oxygens (including phenoxy) is 1. The molecular weight excluding hydrogens is 373 g/mol. The number of imidazole rings is 1. The number of nitrogens with two attached hydrogens (primary N) is 1. The lowest BCUT2D eigenvalue weighted by Gasteiger charge is -2.13. The first-order chi connectivity index (χ1) is 12.5. The summed E-state index contributed by atoms with van der Waals surface area (Å²) in [5.41, 5.74) is 8.38. The van der Waals surface area contributed by atoms with E-state index in [9.17, 15) is 5.11 Å². The number of hydrogen-bond donors (Lipinski definition) is 2. The van der Waals surface area contributed by atoms with Crippen molar-refractivity contribution in [2.45, 2.75) is 32.5 Å². The Morgan fingerprint density at radius 3 is 2.73 bits per heavy atom. The van der Waals surface area contributed by atoms with Gasteiger partial charge >= 0.3 is 5.95 Å². The molecule has 26 heavy (non-hydrogen) atoms. The maximum atomic E-state index is 10.5. The molecule has 3 aromatic rings. The lowest BCUT2D eigenvalue weighted by Crippen LogP contribution is -2.43. The number of aliphatic hydroxyl groups excluding tert-OH is 1. The molecule has 0 aliphatic carbocycles. The van der Waals surface area contributed by atoms with Crippen molar-refractivity contribution < 1.29 is 14.4 Å². The number of halogens is 2. The summed E-state index contributed by atoms with van der Waals surface area (Å²) in [5, 5.41) is 11.4. The van der Waals surface area contributed by atoms with Crippen LogP contribution in [0.3, 0.4) is 0 Å². The number of nitrogen functional groups attached to an aromatic ring is 1. The van der Waals surface area contributed by atoms with Gasteiger partial charge in [0.25, 0.3) is 0 Å². The summed E-state index contributed by atoms with van der Waals surface area (Å²) in [6.07, 6.45) is 0.235. The van der Waals surface area contributed by atoms with Crippen LogP contribution < -0.4 is 15.0 Å². The molecule has 3 N–H and O–H groups in total. The number of aryl methyl sites for hydroxylation is 1. The van der Waals surface area contributed by atoms with Gasteiger partial charge in [0.15, 0.2) is 0 Å². The van der Waals surface area contributed by atoms with Crippen LogP contribution in [0.4, 0.5) is 5.95 Å². The highest BCUT2D eigenvalue weighted by molar-refractivity contribution is 6.35. The molecule has 1 unspecified atom stereocenters. The molecule has 3 rings (SSSR count). The Hall–Kier alpha value is -1.95. The van der Waals surface area contributed by atoms with Crippen molar-refractivity contribution in [3.05, 3.63) is 52.5 Å². The van der Waals surface area contributed by atoms with E-state index in [2.05, 4.69) is 11.5 Å². The molecule has 0 saturated heterocycles. The summed E-state index contributed by atoms with van der Waals surface area (Å²) in [5.74, 6) is 1.11. The molecule has 138 valence electrons. The van der Waals surface area contributed by atoms with Crippen LogP contribution in [0.25, 0.3) is 11.0 Å². The second-order valence-electron chi connectivity index (χ2n) is 6.15. The molecule has 2 aromatic carbocycles. The van der Waals surface area contributed by atoms with E-state index in [4.69, 9.17) is 33.7 Å². The van der Waals surface area contributed by atoms with Gasteiger partial charge in [0.2, 0.25) is 0 Å². The number of rotatable bonds is 7. The van der Waals surface area contributed by atoms with E-state index in [0.717, 1.165) is 24.0 Å². The Balaban J connectivity index is 1.77. The predicted octanol–water partition coefficient (Wildman–Crippen LogP) is 3.67. The van der Waals surface area contributed by atoms with Gasteiger partial charge in [-0.2, -0.15) is 0 Å². The molecule has 1 atom stereocenters. The number of anilines is 1. The topological polar surface area (TPSA) is 64.3 Å². The molecule has 0 amide bonds. The number of para-hydroxylation sites is 2. The third kappa shape index (κ3) is 3.90. The molecule has 0 bridgehead atoms. The van der Waals surface area contributed by atoms with E-state index in [1.54, 1.807) is 18.2 Å². The second-order valence-corrected chi connectivity index (χ2v) is 6.99. The van der Waals surface area contributed by atoms with Crippen LogP contribution in [-0.2, 0) is 13.1 Å².